The summed E-state index contributed by atoms with van der Waals surface area (Å²) in [5.41, 5.74) is 2.09. The number of carbonyl (C=O) groups is 1. The van der Waals surface area contributed by atoms with Gasteiger partial charge in [0.25, 0.3) is 0 Å². The van der Waals surface area contributed by atoms with Gasteiger partial charge >= 0.3 is 0 Å². The second-order valence-corrected chi connectivity index (χ2v) is 6.82. The van der Waals surface area contributed by atoms with Gasteiger partial charge in [-0.2, -0.15) is 0 Å². The molecule has 0 saturated carbocycles. The van der Waals surface area contributed by atoms with E-state index in [-0.39, 0.29) is 11.2 Å². The van der Waals surface area contributed by atoms with Crippen LogP contribution in [0.4, 0.5) is 0 Å². The summed E-state index contributed by atoms with van der Waals surface area (Å²) in [7, 11) is 0. The molecule has 0 aromatic heterocycles. The standard InChI is InChI=1S/C15H21BrO/c1-10(2)8-14(17)12-9-11(15(3,4)5)6-7-13(12)16/h6-7,9-10H,8H2,1-5H3. The molecule has 0 fully saturated rings. The SMILES string of the molecule is CC(C)CC(=O)c1cc(C(C)(C)C)ccc1Br. The molecular formula is C15H21BrO. The van der Waals surface area contributed by atoms with Gasteiger partial charge in [-0.05, 0) is 29.0 Å². The summed E-state index contributed by atoms with van der Waals surface area (Å²) >= 11 is 3.47. The topological polar surface area (TPSA) is 17.1 Å². The number of rotatable bonds is 3. The van der Waals surface area contributed by atoms with Gasteiger partial charge in [-0.15, -0.1) is 0 Å². The first-order valence-corrected chi connectivity index (χ1v) is 6.84. The van der Waals surface area contributed by atoms with Crippen LogP contribution in [-0.2, 0) is 5.41 Å². The van der Waals surface area contributed by atoms with E-state index in [0.717, 1.165) is 10.0 Å². The van der Waals surface area contributed by atoms with Crippen molar-refractivity contribution in [1.82, 2.24) is 0 Å². The molecule has 0 aliphatic heterocycles. The Morgan fingerprint density at radius 1 is 1.29 bits per heavy atom. The summed E-state index contributed by atoms with van der Waals surface area (Å²) < 4.78 is 0.899. The minimum absolute atomic E-state index is 0.0769. The van der Waals surface area contributed by atoms with Gasteiger partial charge in [-0.1, -0.05) is 56.6 Å². The number of Topliss-reactive ketones (excluding diaryl/α,β-unsaturated/α-hetero) is 1. The Bertz CT molecular complexity index is 413. The van der Waals surface area contributed by atoms with Gasteiger partial charge in [0.1, 0.15) is 0 Å². The normalized spacial score (nSPS) is 11.9. The van der Waals surface area contributed by atoms with Crippen LogP contribution < -0.4 is 0 Å². The molecule has 17 heavy (non-hydrogen) atoms. The maximum atomic E-state index is 12.1. The van der Waals surface area contributed by atoms with Crippen LogP contribution in [0.15, 0.2) is 22.7 Å². The molecule has 1 nitrogen and oxygen atoms in total. The smallest absolute Gasteiger partial charge is 0.164 e. The molecule has 1 aromatic rings. The molecule has 0 saturated heterocycles. The van der Waals surface area contributed by atoms with Crippen molar-refractivity contribution in [1.29, 1.82) is 0 Å². The van der Waals surface area contributed by atoms with E-state index in [0.29, 0.717) is 12.3 Å². The lowest BCUT2D eigenvalue weighted by Crippen LogP contribution is -2.13. The molecule has 1 rings (SSSR count). The fourth-order valence-electron chi connectivity index (χ4n) is 1.69. The van der Waals surface area contributed by atoms with Gasteiger partial charge in [0, 0.05) is 16.5 Å². The number of benzene rings is 1. The summed E-state index contributed by atoms with van der Waals surface area (Å²) in [5.74, 6) is 0.616. The van der Waals surface area contributed by atoms with Crippen LogP contribution in [0.5, 0.6) is 0 Å². The van der Waals surface area contributed by atoms with Crippen molar-refractivity contribution in [2.45, 2.75) is 46.5 Å². The van der Waals surface area contributed by atoms with E-state index in [9.17, 15) is 4.79 Å². The van der Waals surface area contributed by atoms with Crippen molar-refractivity contribution in [3.63, 3.8) is 0 Å². The first-order chi connectivity index (χ1) is 7.71. The third-order valence-corrected chi connectivity index (χ3v) is 3.42. The number of hydrogen-bond donors (Lipinski definition) is 0. The molecule has 0 spiro atoms. The zero-order valence-electron chi connectivity index (χ0n) is 11.3. The summed E-state index contributed by atoms with van der Waals surface area (Å²) in [6, 6.07) is 6.08. The molecule has 0 aliphatic carbocycles. The molecule has 0 radical (unpaired) electrons. The van der Waals surface area contributed by atoms with Crippen molar-refractivity contribution in [2.75, 3.05) is 0 Å². The Balaban J connectivity index is 3.11. The number of halogens is 1. The summed E-state index contributed by atoms with van der Waals surface area (Å²) in [5, 5.41) is 0. The minimum Gasteiger partial charge on any atom is -0.294 e. The van der Waals surface area contributed by atoms with E-state index in [1.165, 1.54) is 5.56 Å². The minimum atomic E-state index is 0.0769. The van der Waals surface area contributed by atoms with Crippen LogP contribution in [0.1, 0.15) is 57.0 Å². The average Bonchev–Trinajstić information content (AvgIpc) is 2.15. The van der Waals surface area contributed by atoms with E-state index in [1.54, 1.807) is 0 Å². The van der Waals surface area contributed by atoms with Crippen LogP contribution >= 0.6 is 15.9 Å². The third-order valence-electron chi connectivity index (χ3n) is 2.73. The van der Waals surface area contributed by atoms with Gasteiger partial charge in [-0.3, -0.25) is 4.79 Å². The number of hydrogen-bond acceptors (Lipinski definition) is 1. The van der Waals surface area contributed by atoms with Crippen molar-refractivity contribution < 1.29 is 4.79 Å². The molecule has 94 valence electrons. The number of ketones is 1. The molecule has 0 unspecified atom stereocenters. The predicted octanol–water partition coefficient (Wildman–Crippen LogP) is 4.98. The third kappa shape index (κ3) is 3.95. The average molecular weight is 297 g/mol. The highest BCUT2D eigenvalue weighted by atomic mass is 79.9. The molecule has 0 N–H and O–H groups in total. The highest BCUT2D eigenvalue weighted by Crippen LogP contribution is 2.28. The molecule has 0 bridgehead atoms. The largest absolute Gasteiger partial charge is 0.294 e. The lowest BCUT2D eigenvalue weighted by Gasteiger charge is -2.20. The zero-order chi connectivity index (χ0) is 13.2. The molecule has 1 aromatic carbocycles. The lowest BCUT2D eigenvalue weighted by atomic mass is 9.85. The maximum absolute atomic E-state index is 12.1. The Hall–Kier alpha value is -0.630. The predicted molar refractivity (Wildman–Crippen MR) is 76.6 cm³/mol. The fourth-order valence-corrected chi connectivity index (χ4v) is 2.15. The maximum Gasteiger partial charge on any atom is 0.164 e. The van der Waals surface area contributed by atoms with Gasteiger partial charge < -0.3 is 0 Å². The summed E-state index contributed by atoms with van der Waals surface area (Å²) in [6.45, 7) is 10.6. The van der Waals surface area contributed by atoms with Gasteiger partial charge in [-0.25, -0.2) is 0 Å². The second-order valence-electron chi connectivity index (χ2n) is 5.97. The van der Waals surface area contributed by atoms with Crippen LogP contribution in [0, 0.1) is 5.92 Å². The molecule has 2 heteroatoms. The zero-order valence-corrected chi connectivity index (χ0v) is 12.9. The Kier molecular flexibility index (Phi) is 4.54. The van der Waals surface area contributed by atoms with E-state index < -0.39 is 0 Å². The Morgan fingerprint density at radius 3 is 2.35 bits per heavy atom. The van der Waals surface area contributed by atoms with Gasteiger partial charge in [0.2, 0.25) is 0 Å². The number of carbonyl (C=O) groups excluding carboxylic acids is 1. The van der Waals surface area contributed by atoms with E-state index in [1.807, 2.05) is 12.1 Å². The first-order valence-electron chi connectivity index (χ1n) is 6.05. The van der Waals surface area contributed by atoms with Crippen molar-refractivity contribution >= 4 is 21.7 Å². The van der Waals surface area contributed by atoms with E-state index in [2.05, 4.69) is 56.6 Å². The van der Waals surface area contributed by atoms with Crippen LogP contribution in [0.2, 0.25) is 0 Å². The van der Waals surface area contributed by atoms with Gasteiger partial charge in [0.05, 0.1) is 0 Å². The fraction of sp³-hybridized carbons (Fsp3) is 0.533. The Morgan fingerprint density at radius 2 is 1.88 bits per heavy atom. The summed E-state index contributed by atoms with van der Waals surface area (Å²) in [4.78, 5) is 12.1. The van der Waals surface area contributed by atoms with E-state index in [4.69, 9.17) is 0 Å². The Labute approximate surface area is 113 Å². The quantitative estimate of drug-likeness (QED) is 0.719. The molecule has 0 aliphatic rings. The molecule has 0 heterocycles. The highest BCUT2D eigenvalue weighted by molar-refractivity contribution is 9.10. The molecule has 0 atom stereocenters. The molecular weight excluding hydrogens is 276 g/mol. The van der Waals surface area contributed by atoms with E-state index >= 15 is 0 Å². The van der Waals surface area contributed by atoms with Crippen LogP contribution in [-0.4, -0.2) is 5.78 Å². The van der Waals surface area contributed by atoms with Crippen LogP contribution in [0.3, 0.4) is 0 Å². The van der Waals surface area contributed by atoms with Crippen molar-refractivity contribution in [2.24, 2.45) is 5.92 Å². The lowest BCUT2D eigenvalue weighted by molar-refractivity contribution is 0.0967. The summed E-state index contributed by atoms with van der Waals surface area (Å²) in [6.07, 6.45) is 0.603. The highest BCUT2D eigenvalue weighted by Gasteiger charge is 2.18. The molecule has 0 amide bonds. The van der Waals surface area contributed by atoms with Crippen molar-refractivity contribution in [3.05, 3.63) is 33.8 Å². The monoisotopic (exact) mass is 296 g/mol. The van der Waals surface area contributed by atoms with Crippen molar-refractivity contribution in [3.8, 4) is 0 Å². The van der Waals surface area contributed by atoms with Gasteiger partial charge in [0.15, 0.2) is 5.78 Å². The van der Waals surface area contributed by atoms with Crippen LogP contribution in [0.25, 0.3) is 0 Å². The first kappa shape index (κ1) is 14.4. The second kappa shape index (κ2) is 5.34.